The Morgan fingerprint density at radius 3 is 2.87 bits per heavy atom. The van der Waals surface area contributed by atoms with Crippen LogP contribution in [-0.4, -0.2) is 0 Å². The predicted octanol–water partition coefficient (Wildman–Crippen LogP) is 3.95. The van der Waals surface area contributed by atoms with E-state index < -0.39 is 0 Å². The Labute approximate surface area is 100 Å². The molecular formula is C13H18BrN. The maximum absolute atomic E-state index is 6.22. The van der Waals surface area contributed by atoms with E-state index in [1.807, 2.05) is 0 Å². The van der Waals surface area contributed by atoms with E-state index in [2.05, 4.69) is 41.1 Å². The summed E-state index contributed by atoms with van der Waals surface area (Å²) in [5.41, 5.74) is 8.81. The first-order valence-electron chi connectivity index (χ1n) is 5.69. The van der Waals surface area contributed by atoms with Crippen LogP contribution in [0.2, 0.25) is 0 Å². The van der Waals surface area contributed by atoms with Crippen molar-refractivity contribution in [1.29, 1.82) is 0 Å². The van der Waals surface area contributed by atoms with Crippen molar-refractivity contribution in [3.05, 3.63) is 33.8 Å². The number of rotatable bonds is 4. The van der Waals surface area contributed by atoms with E-state index >= 15 is 0 Å². The van der Waals surface area contributed by atoms with Gasteiger partial charge in [0.1, 0.15) is 0 Å². The molecule has 0 radical (unpaired) electrons. The van der Waals surface area contributed by atoms with Crippen LogP contribution < -0.4 is 5.73 Å². The quantitative estimate of drug-likeness (QED) is 0.879. The van der Waals surface area contributed by atoms with Crippen LogP contribution in [0, 0.1) is 12.8 Å². The van der Waals surface area contributed by atoms with Crippen molar-refractivity contribution in [2.24, 2.45) is 11.7 Å². The zero-order valence-corrected chi connectivity index (χ0v) is 10.8. The smallest absolute Gasteiger partial charge is 0.0297 e. The fraction of sp³-hybridized carbons (Fsp3) is 0.538. The predicted molar refractivity (Wildman–Crippen MR) is 67.8 cm³/mol. The lowest BCUT2D eigenvalue weighted by Gasteiger charge is -2.15. The lowest BCUT2D eigenvalue weighted by Crippen LogP contribution is -2.12. The summed E-state index contributed by atoms with van der Waals surface area (Å²) >= 11 is 3.55. The molecule has 0 aromatic heterocycles. The average Bonchev–Trinajstić information content (AvgIpc) is 3.02. The molecule has 1 aromatic rings. The molecule has 0 bridgehead atoms. The van der Waals surface area contributed by atoms with Crippen molar-refractivity contribution < 1.29 is 0 Å². The zero-order chi connectivity index (χ0) is 10.8. The molecule has 15 heavy (non-hydrogen) atoms. The Balaban J connectivity index is 2.02. The molecule has 0 saturated heterocycles. The molecule has 1 aromatic carbocycles. The van der Waals surface area contributed by atoms with Gasteiger partial charge in [0.05, 0.1) is 0 Å². The third-order valence-electron chi connectivity index (χ3n) is 3.29. The number of nitrogens with two attached hydrogens (primary N) is 1. The molecule has 0 aliphatic heterocycles. The second-order valence-corrected chi connectivity index (χ2v) is 5.44. The lowest BCUT2D eigenvalue weighted by molar-refractivity contribution is 0.573. The van der Waals surface area contributed by atoms with Crippen molar-refractivity contribution in [3.8, 4) is 0 Å². The Hall–Kier alpha value is -0.340. The van der Waals surface area contributed by atoms with E-state index in [1.54, 1.807) is 0 Å². The van der Waals surface area contributed by atoms with Crippen LogP contribution >= 0.6 is 15.9 Å². The highest BCUT2D eigenvalue weighted by Gasteiger charge is 2.22. The van der Waals surface area contributed by atoms with E-state index in [0.717, 1.165) is 12.3 Å². The Morgan fingerprint density at radius 1 is 1.47 bits per heavy atom. The highest BCUT2D eigenvalue weighted by molar-refractivity contribution is 9.10. The van der Waals surface area contributed by atoms with Crippen LogP contribution in [0.25, 0.3) is 0 Å². The topological polar surface area (TPSA) is 26.0 Å². The fourth-order valence-corrected chi connectivity index (χ4v) is 2.38. The molecular weight excluding hydrogens is 250 g/mol. The second-order valence-electron chi connectivity index (χ2n) is 4.58. The van der Waals surface area contributed by atoms with Gasteiger partial charge in [-0.05, 0) is 42.9 Å². The van der Waals surface area contributed by atoms with Crippen LogP contribution in [0.4, 0.5) is 0 Å². The number of hydrogen-bond donors (Lipinski definition) is 1. The molecule has 2 heteroatoms. The van der Waals surface area contributed by atoms with Crippen LogP contribution in [-0.2, 0) is 0 Å². The molecule has 1 saturated carbocycles. The molecule has 82 valence electrons. The summed E-state index contributed by atoms with van der Waals surface area (Å²) in [6.07, 6.45) is 5.27. The first kappa shape index (κ1) is 11.2. The largest absolute Gasteiger partial charge is 0.324 e. The molecule has 2 rings (SSSR count). The first-order chi connectivity index (χ1) is 7.18. The van der Waals surface area contributed by atoms with Crippen LogP contribution in [0.3, 0.4) is 0 Å². The average molecular weight is 268 g/mol. The van der Waals surface area contributed by atoms with E-state index in [9.17, 15) is 0 Å². The van der Waals surface area contributed by atoms with Crippen LogP contribution in [0.15, 0.2) is 22.7 Å². The number of halogens is 1. The number of hydrogen-bond acceptors (Lipinski definition) is 1. The normalized spacial score (nSPS) is 17.8. The highest BCUT2D eigenvalue weighted by atomic mass is 79.9. The monoisotopic (exact) mass is 267 g/mol. The van der Waals surface area contributed by atoms with Gasteiger partial charge >= 0.3 is 0 Å². The van der Waals surface area contributed by atoms with Gasteiger partial charge in [-0.25, -0.2) is 0 Å². The van der Waals surface area contributed by atoms with Crippen molar-refractivity contribution in [1.82, 2.24) is 0 Å². The Bertz CT molecular complexity index is 344. The van der Waals surface area contributed by atoms with E-state index in [0.29, 0.717) is 0 Å². The van der Waals surface area contributed by atoms with Gasteiger partial charge in [0.15, 0.2) is 0 Å². The van der Waals surface area contributed by atoms with Gasteiger partial charge < -0.3 is 5.73 Å². The molecule has 1 unspecified atom stereocenters. The minimum Gasteiger partial charge on any atom is -0.324 e. The van der Waals surface area contributed by atoms with Crippen molar-refractivity contribution in [2.75, 3.05) is 0 Å². The summed E-state index contributed by atoms with van der Waals surface area (Å²) in [6.45, 7) is 2.14. The van der Waals surface area contributed by atoms with Gasteiger partial charge in [-0.15, -0.1) is 0 Å². The Kier molecular flexibility index (Phi) is 3.47. The minimum absolute atomic E-state index is 0.211. The van der Waals surface area contributed by atoms with Gasteiger partial charge in [0.25, 0.3) is 0 Å². The molecule has 0 spiro atoms. The molecule has 1 nitrogen and oxygen atoms in total. The number of benzene rings is 1. The highest BCUT2D eigenvalue weighted by Crippen LogP contribution is 2.36. The van der Waals surface area contributed by atoms with Gasteiger partial charge in [-0.2, -0.15) is 0 Å². The summed E-state index contributed by atoms with van der Waals surface area (Å²) in [4.78, 5) is 0. The second kappa shape index (κ2) is 4.67. The Morgan fingerprint density at radius 2 is 2.20 bits per heavy atom. The molecule has 1 fully saturated rings. The summed E-state index contributed by atoms with van der Waals surface area (Å²) in [7, 11) is 0. The van der Waals surface area contributed by atoms with Crippen molar-refractivity contribution in [2.45, 2.75) is 38.6 Å². The molecule has 0 amide bonds. The maximum Gasteiger partial charge on any atom is 0.0297 e. The van der Waals surface area contributed by atoms with E-state index in [4.69, 9.17) is 5.73 Å². The summed E-state index contributed by atoms with van der Waals surface area (Å²) in [5.74, 6) is 0.975. The fourth-order valence-electron chi connectivity index (χ4n) is 2.00. The maximum atomic E-state index is 6.22. The zero-order valence-electron chi connectivity index (χ0n) is 9.17. The molecule has 0 heterocycles. The van der Waals surface area contributed by atoms with Crippen molar-refractivity contribution >= 4 is 15.9 Å². The van der Waals surface area contributed by atoms with Crippen LogP contribution in [0.5, 0.6) is 0 Å². The van der Waals surface area contributed by atoms with Gasteiger partial charge in [0, 0.05) is 10.5 Å². The lowest BCUT2D eigenvalue weighted by atomic mass is 9.97. The van der Waals surface area contributed by atoms with Gasteiger partial charge in [-0.3, -0.25) is 0 Å². The standard InChI is InChI=1S/C13H18BrN/c1-9-11(3-2-4-12(9)14)13(15)8-7-10-5-6-10/h2-4,10,13H,5-8,15H2,1H3. The third-order valence-corrected chi connectivity index (χ3v) is 4.15. The molecule has 1 aliphatic carbocycles. The van der Waals surface area contributed by atoms with Gasteiger partial charge in [-0.1, -0.05) is 40.9 Å². The third kappa shape index (κ3) is 2.82. The molecule has 1 aliphatic rings. The van der Waals surface area contributed by atoms with E-state index in [-0.39, 0.29) is 6.04 Å². The minimum atomic E-state index is 0.211. The summed E-state index contributed by atoms with van der Waals surface area (Å²) in [6, 6.07) is 6.51. The molecule has 1 atom stereocenters. The van der Waals surface area contributed by atoms with Gasteiger partial charge in [0.2, 0.25) is 0 Å². The van der Waals surface area contributed by atoms with E-state index in [1.165, 1.54) is 34.9 Å². The summed E-state index contributed by atoms with van der Waals surface area (Å²) in [5, 5.41) is 0. The van der Waals surface area contributed by atoms with Crippen molar-refractivity contribution in [3.63, 3.8) is 0 Å². The first-order valence-corrected chi connectivity index (χ1v) is 6.48. The molecule has 2 N–H and O–H groups in total. The summed E-state index contributed by atoms with van der Waals surface area (Å²) < 4.78 is 1.17. The van der Waals surface area contributed by atoms with Crippen LogP contribution in [0.1, 0.15) is 42.9 Å². The SMILES string of the molecule is Cc1c(Br)cccc1C(N)CCC1CC1.